The van der Waals surface area contributed by atoms with Crippen LogP contribution in [-0.4, -0.2) is 12.6 Å². The molecule has 1 aliphatic carbocycles. The Bertz CT molecular complexity index is 411. The van der Waals surface area contributed by atoms with Crippen molar-refractivity contribution in [2.24, 2.45) is 11.5 Å². The van der Waals surface area contributed by atoms with Gasteiger partial charge in [-0.25, -0.2) is 0 Å². The largest absolute Gasteiger partial charge is 0.496 e. The van der Waals surface area contributed by atoms with Crippen LogP contribution in [0.3, 0.4) is 0 Å². The van der Waals surface area contributed by atoms with Crippen molar-refractivity contribution in [2.45, 2.75) is 38.3 Å². The van der Waals surface area contributed by atoms with E-state index in [-0.39, 0.29) is 11.6 Å². The fraction of sp³-hybridized carbons (Fsp3) is 0.538. The van der Waals surface area contributed by atoms with E-state index >= 15 is 0 Å². The van der Waals surface area contributed by atoms with Gasteiger partial charge >= 0.3 is 0 Å². The van der Waals surface area contributed by atoms with E-state index in [4.69, 9.17) is 16.2 Å². The number of nitrogens with two attached hydrogens (primary N) is 2. The van der Waals surface area contributed by atoms with Gasteiger partial charge in [0, 0.05) is 11.6 Å². The third kappa shape index (κ3) is 1.81. The van der Waals surface area contributed by atoms with Crippen LogP contribution in [0.1, 0.15) is 35.6 Å². The molecule has 3 heteroatoms. The first-order valence-corrected chi connectivity index (χ1v) is 5.67. The SMILES string of the molecule is COc1cc(C)c(C(N)C2(N)CC2)cc1C. The molecule has 1 atom stereocenters. The summed E-state index contributed by atoms with van der Waals surface area (Å²) in [5.41, 5.74) is 15.6. The molecular weight excluding hydrogens is 200 g/mol. The van der Waals surface area contributed by atoms with Gasteiger partial charge in [0.25, 0.3) is 0 Å². The monoisotopic (exact) mass is 220 g/mol. The fourth-order valence-corrected chi connectivity index (χ4v) is 2.13. The number of methoxy groups -OCH3 is 1. The van der Waals surface area contributed by atoms with Gasteiger partial charge in [-0.1, -0.05) is 6.07 Å². The van der Waals surface area contributed by atoms with Crippen LogP contribution < -0.4 is 16.2 Å². The highest BCUT2D eigenvalue weighted by Crippen LogP contribution is 2.43. The Hall–Kier alpha value is -1.06. The van der Waals surface area contributed by atoms with Gasteiger partial charge in [-0.3, -0.25) is 0 Å². The van der Waals surface area contributed by atoms with E-state index in [1.807, 2.05) is 13.0 Å². The molecule has 0 saturated heterocycles. The van der Waals surface area contributed by atoms with E-state index in [2.05, 4.69) is 13.0 Å². The third-order valence-electron chi connectivity index (χ3n) is 3.57. The molecule has 1 aromatic carbocycles. The van der Waals surface area contributed by atoms with Gasteiger partial charge in [-0.15, -0.1) is 0 Å². The molecule has 1 fully saturated rings. The predicted molar refractivity (Wildman–Crippen MR) is 65.5 cm³/mol. The second-order valence-corrected chi connectivity index (χ2v) is 4.89. The topological polar surface area (TPSA) is 61.3 Å². The molecule has 1 saturated carbocycles. The van der Waals surface area contributed by atoms with Gasteiger partial charge in [0.1, 0.15) is 5.75 Å². The van der Waals surface area contributed by atoms with Gasteiger partial charge in [0.2, 0.25) is 0 Å². The molecule has 2 rings (SSSR count). The van der Waals surface area contributed by atoms with Gasteiger partial charge in [0.05, 0.1) is 7.11 Å². The highest BCUT2D eigenvalue weighted by atomic mass is 16.5. The Morgan fingerprint density at radius 2 is 1.88 bits per heavy atom. The van der Waals surface area contributed by atoms with E-state index in [0.29, 0.717) is 0 Å². The van der Waals surface area contributed by atoms with Crippen LogP contribution >= 0.6 is 0 Å². The second kappa shape index (κ2) is 3.75. The summed E-state index contributed by atoms with van der Waals surface area (Å²) in [6.45, 7) is 4.09. The lowest BCUT2D eigenvalue weighted by molar-refractivity contribution is 0.410. The number of hydrogen-bond acceptors (Lipinski definition) is 3. The molecule has 0 aliphatic heterocycles. The fourth-order valence-electron chi connectivity index (χ4n) is 2.13. The first-order chi connectivity index (χ1) is 7.48. The zero-order valence-corrected chi connectivity index (χ0v) is 10.2. The van der Waals surface area contributed by atoms with E-state index in [1.165, 1.54) is 0 Å². The lowest BCUT2D eigenvalue weighted by atomic mass is 9.93. The van der Waals surface area contributed by atoms with Crippen LogP contribution in [-0.2, 0) is 0 Å². The molecule has 0 radical (unpaired) electrons. The summed E-state index contributed by atoms with van der Waals surface area (Å²) in [6.07, 6.45) is 2.05. The first-order valence-electron chi connectivity index (χ1n) is 5.67. The summed E-state index contributed by atoms with van der Waals surface area (Å²) >= 11 is 0. The first kappa shape index (κ1) is 11.4. The van der Waals surface area contributed by atoms with E-state index in [9.17, 15) is 0 Å². The standard InChI is InChI=1S/C13H20N2O/c1-8-7-11(16-3)9(2)6-10(8)12(14)13(15)4-5-13/h6-7,12H,4-5,14-15H2,1-3H3. The number of benzene rings is 1. The summed E-state index contributed by atoms with van der Waals surface area (Å²) in [7, 11) is 1.69. The Morgan fingerprint density at radius 3 is 2.38 bits per heavy atom. The maximum atomic E-state index is 6.23. The molecule has 1 aliphatic rings. The molecule has 3 nitrogen and oxygen atoms in total. The molecule has 0 heterocycles. The number of aryl methyl sites for hydroxylation is 2. The normalized spacial score (nSPS) is 19.3. The van der Waals surface area contributed by atoms with Crippen molar-refractivity contribution in [3.05, 3.63) is 28.8 Å². The van der Waals surface area contributed by atoms with Gasteiger partial charge in [0.15, 0.2) is 0 Å². The minimum Gasteiger partial charge on any atom is -0.496 e. The van der Waals surface area contributed by atoms with Gasteiger partial charge in [-0.05, 0) is 49.4 Å². The Morgan fingerprint density at radius 1 is 1.25 bits per heavy atom. The minimum atomic E-state index is -0.175. The van der Waals surface area contributed by atoms with Crippen molar-refractivity contribution in [1.82, 2.24) is 0 Å². The molecule has 1 unspecified atom stereocenters. The van der Waals surface area contributed by atoms with Crippen LogP contribution in [0, 0.1) is 13.8 Å². The molecule has 0 amide bonds. The molecule has 88 valence electrons. The minimum absolute atomic E-state index is 0.0582. The zero-order valence-electron chi connectivity index (χ0n) is 10.2. The van der Waals surface area contributed by atoms with Crippen molar-refractivity contribution in [2.75, 3.05) is 7.11 Å². The highest BCUT2D eigenvalue weighted by molar-refractivity contribution is 5.44. The molecule has 1 aromatic rings. The van der Waals surface area contributed by atoms with E-state index < -0.39 is 0 Å². The number of rotatable bonds is 3. The summed E-state index contributed by atoms with van der Waals surface area (Å²) < 4.78 is 5.29. The predicted octanol–water partition coefficient (Wildman–Crippen LogP) is 1.80. The van der Waals surface area contributed by atoms with Crippen LogP contribution in [0.4, 0.5) is 0 Å². The quantitative estimate of drug-likeness (QED) is 0.816. The Balaban J connectivity index is 2.38. The summed E-state index contributed by atoms with van der Waals surface area (Å²) in [6, 6.07) is 4.08. The van der Waals surface area contributed by atoms with Crippen molar-refractivity contribution >= 4 is 0 Å². The number of ether oxygens (including phenoxy) is 1. The Labute approximate surface area is 96.8 Å². The molecule has 0 spiro atoms. The van der Waals surface area contributed by atoms with Crippen molar-refractivity contribution < 1.29 is 4.74 Å². The molecular formula is C13H20N2O. The van der Waals surface area contributed by atoms with E-state index in [1.54, 1.807) is 7.11 Å². The molecule has 0 bridgehead atoms. The zero-order chi connectivity index (χ0) is 11.9. The van der Waals surface area contributed by atoms with Crippen molar-refractivity contribution in [3.63, 3.8) is 0 Å². The Kier molecular flexibility index (Phi) is 2.68. The molecule has 16 heavy (non-hydrogen) atoms. The number of hydrogen-bond donors (Lipinski definition) is 2. The van der Waals surface area contributed by atoms with Crippen LogP contribution in [0.15, 0.2) is 12.1 Å². The van der Waals surface area contributed by atoms with Crippen molar-refractivity contribution in [3.8, 4) is 5.75 Å². The maximum absolute atomic E-state index is 6.23. The molecule has 0 aromatic heterocycles. The average molecular weight is 220 g/mol. The lowest BCUT2D eigenvalue weighted by Gasteiger charge is -2.22. The smallest absolute Gasteiger partial charge is 0.122 e. The average Bonchev–Trinajstić information content (AvgIpc) is 2.99. The summed E-state index contributed by atoms with van der Waals surface area (Å²) in [4.78, 5) is 0. The molecule has 4 N–H and O–H groups in total. The summed E-state index contributed by atoms with van der Waals surface area (Å²) in [5.74, 6) is 0.912. The van der Waals surface area contributed by atoms with Crippen LogP contribution in [0.25, 0.3) is 0 Å². The van der Waals surface area contributed by atoms with Gasteiger partial charge in [-0.2, -0.15) is 0 Å². The third-order valence-corrected chi connectivity index (χ3v) is 3.57. The van der Waals surface area contributed by atoms with Crippen molar-refractivity contribution in [1.29, 1.82) is 0 Å². The van der Waals surface area contributed by atoms with Gasteiger partial charge < -0.3 is 16.2 Å². The van der Waals surface area contributed by atoms with Crippen LogP contribution in [0.5, 0.6) is 5.75 Å². The summed E-state index contributed by atoms with van der Waals surface area (Å²) in [5, 5.41) is 0. The van der Waals surface area contributed by atoms with Crippen LogP contribution in [0.2, 0.25) is 0 Å². The second-order valence-electron chi connectivity index (χ2n) is 4.89. The van der Waals surface area contributed by atoms with E-state index in [0.717, 1.165) is 35.3 Å². The highest BCUT2D eigenvalue weighted by Gasteiger charge is 2.45. The maximum Gasteiger partial charge on any atom is 0.122 e. The lowest BCUT2D eigenvalue weighted by Crippen LogP contribution is -2.36.